The van der Waals surface area contributed by atoms with E-state index in [1.165, 1.54) is 5.56 Å². The molecule has 0 fully saturated rings. The molecule has 4 heteroatoms. The molecule has 2 aromatic rings. The van der Waals surface area contributed by atoms with E-state index in [2.05, 4.69) is 35.6 Å². The van der Waals surface area contributed by atoms with Crippen LogP contribution in [-0.4, -0.2) is 12.5 Å². The molecule has 0 saturated heterocycles. The van der Waals surface area contributed by atoms with E-state index >= 15 is 0 Å². The fourth-order valence-corrected chi connectivity index (χ4v) is 3.29. The van der Waals surface area contributed by atoms with Gasteiger partial charge in [-0.2, -0.15) is 0 Å². The average Bonchev–Trinajstić information content (AvgIpc) is 2.48. The van der Waals surface area contributed by atoms with Gasteiger partial charge in [-0.1, -0.05) is 36.7 Å². The molecule has 0 spiro atoms. The molecule has 21 heavy (non-hydrogen) atoms. The molecule has 1 unspecified atom stereocenters. The van der Waals surface area contributed by atoms with Crippen LogP contribution in [0.3, 0.4) is 0 Å². The van der Waals surface area contributed by atoms with Crippen LogP contribution in [0.4, 0.5) is 5.69 Å². The van der Waals surface area contributed by atoms with Gasteiger partial charge in [0, 0.05) is 21.4 Å². The Morgan fingerprint density at radius 2 is 2.05 bits per heavy atom. The van der Waals surface area contributed by atoms with Crippen LogP contribution >= 0.6 is 34.2 Å². The second-order valence-corrected chi connectivity index (χ2v) is 7.05. The monoisotopic (exact) mass is 411 g/mol. The Kier molecular flexibility index (Phi) is 4.22. The largest absolute Gasteiger partial charge is 0.308 e. The number of benzene rings is 2. The molecule has 0 N–H and O–H groups in total. The summed E-state index contributed by atoms with van der Waals surface area (Å²) in [5.41, 5.74) is 2.90. The molecule has 0 bridgehead atoms. The summed E-state index contributed by atoms with van der Waals surface area (Å²) in [6.07, 6.45) is 1.02. The molecule has 108 valence electrons. The van der Waals surface area contributed by atoms with Crippen LogP contribution in [0.15, 0.2) is 42.5 Å². The molecule has 2 aromatic carbocycles. The quantitative estimate of drug-likeness (QED) is 0.618. The molecule has 1 aliphatic rings. The first kappa shape index (κ1) is 14.9. The summed E-state index contributed by atoms with van der Waals surface area (Å²) < 4.78 is 0.957. The van der Waals surface area contributed by atoms with Gasteiger partial charge in [0.15, 0.2) is 0 Å². The molecule has 0 aliphatic carbocycles. The molecule has 1 atom stereocenters. The van der Waals surface area contributed by atoms with E-state index in [1.807, 2.05) is 35.2 Å². The van der Waals surface area contributed by atoms with Gasteiger partial charge in [-0.15, -0.1) is 0 Å². The number of rotatable bonds is 1. The van der Waals surface area contributed by atoms with Crippen LogP contribution in [0.25, 0.3) is 0 Å². The highest BCUT2D eigenvalue weighted by molar-refractivity contribution is 14.1. The molecule has 0 aromatic heterocycles. The number of halogens is 2. The first-order valence-electron chi connectivity index (χ1n) is 6.91. The summed E-state index contributed by atoms with van der Waals surface area (Å²) in [6, 6.07) is 13.6. The van der Waals surface area contributed by atoms with Crippen LogP contribution in [0.1, 0.15) is 22.8 Å². The van der Waals surface area contributed by atoms with Gasteiger partial charge >= 0.3 is 0 Å². The lowest BCUT2D eigenvalue weighted by molar-refractivity contribution is 0.0981. The fourth-order valence-electron chi connectivity index (χ4n) is 2.77. The van der Waals surface area contributed by atoms with Crippen molar-refractivity contribution in [2.75, 3.05) is 11.4 Å². The minimum Gasteiger partial charge on any atom is -0.308 e. The third-order valence-electron chi connectivity index (χ3n) is 3.76. The molecule has 1 aliphatic heterocycles. The number of para-hydroxylation sites is 1. The summed E-state index contributed by atoms with van der Waals surface area (Å²) in [6.45, 7) is 2.93. The predicted octanol–water partition coefficient (Wildman–Crippen LogP) is 4.78. The van der Waals surface area contributed by atoms with E-state index in [0.717, 1.165) is 22.2 Å². The van der Waals surface area contributed by atoms with E-state index in [1.54, 1.807) is 6.07 Å². The van der Waals surface area contributed by atoms with Crippen molar-refractivity contribution < 1.29 is 4.79 Å². The van der Waals surface area contributed by atoms with Crippen LogP contribution in [0, 0.1) is 9.49 Å². The van der Waals surface area contributed by atoms with E-state index in [9.17, 15) is 4.79 Å². The highest BCUT2D eigenvalue weighted by Crippen LogP contribution is 2.31. The number of carbonyl (C=O) groups excluding carboxylic acids is 1. The summed E-state index contributed by atoms with van der Waals surface area (Å²) in [4.78, 5) is 14.7. The number of amides is 1. The third kappa shape index (κ3) is 2.94. The summed E-state index contributed by atoms with van der Waals surface area (Å²) in [5, 5.41) is 0.625. The molecular formula is C17H15ClINO. The van der Waals surface area contributed by atoms with Gasteiger partial charge in [-0.25, -0.2) is 0 Å². The first-order valence-corrected chi connectivity index (χ1v) is 8.37. The molecule has 0 saturated carbocycles. The number of nitrogens with zero attached hydrogens (tertiary/aromatic N) is 1. The lowest BCUT2D eigenvalue weighted by Gasteiger charge is -2.33. The zero-order valence-corrected chi connectivity index (χ0v) is 14.6. The summed E-state index contributed by atoms with van der Waals surface area (Å²) >= 11 is 8.31. The SMILES string of the molecule is CC1Cc2ccccc2N(C(=O)c2ccc(I)c(Cl)c2)C1. The maximum absolute atomic E-state index is 12.8. The Morgan fingerprint density at radius 1 is 1.29 bits per heavy atom. The van der Waals surface area contributed by atoms with Crippen LogP contribution in [0.2, 0.25) is 5.02 Å². The molecule has 1 amide bonds. The molecule has 2 nitrogen and oxygen atoms in total. The van der Waals surface area contributed by atoms with Gasteiger partial charge in [0.1, 0.15) is 0 Å². The van der Waals surface area contributed by atoms with Gasteiger partial charge in [0.2, 0.25) is 0 Å². The number of carbonyl (C=O) groups is 1. The predicted molar refractivity (Wildman–Crippen MR) is 95.2 cm³/mol. The molecule has 3 rings (SSSR count). The van der Waals surface area contributed by atoms with Crippen molar-refractivity contribution in [2.24, 2.45) is 5.92 Å². The minimum absolute atomic E-state index is 0.0206. The summed E-state index contributed by atoms with van der Waals surface area (Å²) in [7, 11) is 0. The van der Waals surface area contributed by atoms with E-state index in [-0.39, 0.29) is 5.91 Å². The molecule has 0 radical (unpaired) electrons. The minimum atomic E-state index is 0.0206. The second kappa shape index (κ2) is 5.97. The van der Waals surface area contributed by atoms with Crippen molar-refractivity contribution in [3.05, 3.63) is 62.2 Å². The topological polar surface area (TPSA) is 20.3 Å². The molecule has 1 heterocycles. The van der Waals surface area contributed by atoms with Crippen molar-refractivity contribution in [1.29, 1.82) is 0 Å². The Labute approximate surface area is 143 Å². The Morgan fingerprint density at radius 3 is 2.81 bits per heavy atom. The van der Waals surface area contributed by atoms with Gasteiger partial charge in [-0.05, 0) is 64.8 Å². The van der Waals surface area contributed by atoms with Crippen molar-refractivity contribution in [3.8, 4) is 0 Å². The fraction of sp³-hybridized carbons (Fsp3) is 0.235. The van der Waals surface area contributed by atoms with E-state index in [4.69, 9.17) is 11.6 Å². The first-order chi connectivity index (χ1) is 10.1. The maximum atomic E-state index is 12.8. The van der Waals surface area contributed by atoms with Gasteiger partial charge in [0.25, 0.3) is 5.91 Å². The van der Waals surface area contributed by atoms with Crippen molar-refractivity contribution in [1.82, 2.24) is 0 Å². The number of hydrogen-bond donors (Lipinski definition) is 0. The van der Waals surface area contributed by atoms with Crippen LogP contribution in [0.5, 0.6) is 0 Å². The normalized spacial score (nSPS) is 17.5. The van der Waals surface area contributed by atoms with E-state index < -0.39 is 0 Å². The zero-order valence-electron chi connectivity index (χ0n) is 11.6. The molecular weight excluding hydrogens is 397 g/mol. The Hall–Kier alpha value is -1.07. The van der Waals surface area contributed by atoms with Gasteiger partial charge < -0.3 is 4.90 Å². The number of anilines is 1. The highest BCUT2D eigenvalue weighted by atomic mass is 127. The van der Waals surface area contributed by atoms with Gasteiger partial charge in [-0.3, -0.25) is 4.79 Å². The smallest absolute Gasteiger partial charge is 0.258 e. The van der Waals surface area contributed by atoms with E-state index in [0.29, 0.717) is 16.5 Å². The third-order valence-corrected chi connectivity index (χ3v) is 5.33. The maximum Gasteiger partial charge on any atom is 0.258 e. The van der Waals surface area contributed by atoms with Crippen molar-refractivity contribution >= 4 is 45.8 Å². The standard InChI is InChI=1S/C17H15ClINO/c1-11-8-12-4-2-3-5-16(12)20(10-11)17(21)13-6-7-15(19)14(18)9-13/h2-7,9,11H,8,10H2,1H3. The van der Waals surface area contributed by atoms with Crippen LogP contribution < -0.4 is 4.90 Å². The van der Waals surface area contributed by atoms with Gasteiger partial charge in [0.05, 0.1) is 5.02 Å². The van der Waals surface area contributed by atoms with Crippen molar-refractivity contribution in [2.45, 2.75) is 13.3 Å². The van der Waals surface area contributed by atoms with Crippen molar-refractivity contribution in [3.63, 3.8) is 0 Å². The Bertz CT molecular complexity index is 701. The Balaban J connectivity index is 1.99. The highest BCUT2D eigenvalue weighted by Gasteiger charge is 2.27. The average molecular weight is 412 g/mol. The van der Waals surface area contributed by atoms with Crippen LogP contribution in [-0.2, 0) is 6.42 Å². The summed E-state index contributed by atoms with van der Waals surface area (Å²) in [5.74, 6) is 0.482. The number of fused-ring (bicyclic) bond motifs is 1. The second-order valence-electron chi connectivity index (χ2n) is 5.48. The lowest BCUT2D eigenvalue weighted by atomic mass is 9.93. The number of hydrogen-bond acceptors (Lipinski definition) is 1. The lowest BCUT2D eigenvalue weighted by Crippen LogP contribution is -2.39. The zero-order chi connectivity index (χ0) is 15.0.